The third-order valence-electron chi connectivity index (χ3n) is 2.07. The van der Waals surface area contributed by atoms with Crippen molar-refractivity contribution >= 4 is 5.91 Å². The molecule has 1 aromatic carbocycles. The summed E-state index contributed by atoms with van der Waals surface area (Å²) < 4.78 is 0. The summed E-state index contributed by atoms with van der Waals surface area (Å²) in [6.45, 7) is 5.78. The molecule has 2 N–H and O–H groups in total. The van der Waals surface area contributed by atoms with Gasteiger partial charge in [0, 0.05) is 13.1 Å². The number of aryl methyl sites for hydroxylation is 1. The van der Waals surface area contributed by atoms with Gasteiger partial charge in [-0.2, -0.15) is 0 Å². The number of carbonyl (C=O) groups is 1. The fourth-order valence-corrected chi connectivity index (χ4v) is 1.40. The summed E-state index contributed by atoms with van der Waals surface area (Å²) in [5, 5.41) is 5.84. The van der Waals surface area contributed by atoms with Crippen molar-refractivity contribution in [3.8, 4) is 0 Å². The highest BCUT2D eigenvalue weighted by molar-refractivity contribution is 5.77. The molecule has 0 spiro atoms. The molecule has 0 aliphatic heterocycles. The molecule has 15 heavy (non-hydrogen) atoms. The van der Waals surface area contributed by atoms with Crippen LogP contribution in [0.4, 0.5) is 0 Å². The van der Waals surface area contributed by atoms with Gasteiger partial charge in [-0.05, 0) is 19.4 Å². The molecule has 0 radical (unpaired) electrons. The molecule has 0 aliphatic rings. The summed E-state index contributed by atoms with van der Waals surface area (Å²) >= 11 is 0. The minimum Gasteiger partial charge on any atom is -0.355 e. The Morgan fingerprint density at radius 1 is 1.40 bits per heavy atom. The number of rotatable bonds is 5. The van der Waals surface area contributed by atoms with Crippen molar-refractivity contribution < 1.29 is 4.79 Å². The van der Waals surface area contributed by atoms with Gasteiger partial charge in [-0.15, -0.1) is 0 Å². The highest BCUT2D eigenvalue weighted by Gasteiger charge is 1.98. The molecule has 0 aromatic heterocycles. The first kappa shape index (κ1) is 11.7. The Balaban J connectivity index is 2.28. The topological polar surface area (TPSA) is 41.1 Å². The predicted octanol–water partition coefficient (Wildman–Crippen LogP) is 1.22. The molecule has 1 aromatic rings. The van der Waals surface area contributed by atoms with Crippen LogP contribution in [0.25, 0.3) is 0 Å². The third kappa shape index (κ3) is 4.61. The monoisotopic (exact) mass is 206 g/mol. The van der Waals surface area contributed by atoms with E-state index in [1.807, 2.05) is 13.0 Å². The maximum atomic E-state index is 11.1. The number of likely N-dealkylation sites (N-methyl/N-ethyl adjacent to an activating group) is 1. The first-order chi connectivity index (χ1) is 7.22. The number of hydrogen-bond acceptors (Lipinski definition) is 2. The van der Waals surface area contributed by atoms with Crippen LogP contribution in [0.3, 0.4) is 0 Å². The van der Waals surface area contributed by atoms with Crippen LogP contribution in [-0.4, -0.2) is 19.0 Å². The highest BCUT2D eigenvalue weighted by Crippen LogP contribution is 2.02. The molecule has 0 saturated carbocycles. The Morgan fingerprint density at radius 3 is 2.87 bits per heavy atom. The zero-order valence-corrected chi connectivity index (χ0v) is 9.34. The quantitative estimate of drug-likeness (QED) is 0.760. The van der Waals surface area contributed by atoms with Gasteiger partial charge in [0.25, 0.3) is 0 Å². The van der Waals surface area contributed by atoms with Crippen molar-refractivity contribution in [3.63, 3.8) is 0 Å². The maximum Gasteiger partial charge on any atom is 0.233 e. The molecule has 0 heterocycles. The average molecular weight is 206 g/mol. The molecule has 0 aliphatic carbocycles. The molecule has 0 atom stereocenters. The Morgan fingerprint density at radius 2 is 2.20 bits per heavy atom. The van der Waals surface area contributed by atoms with Crippen LogP contribution in [0.15, 0.2) is 24.3 Å². The van der Waals surface area contributed by atoms with Crippen molar-refractivity contribution in [2.45, 2.75) is 20.4 Å². The Bertz CT molecular complexity index is 323. The van der Waals surface area contributed by atoms with E-state index in [9.17, 15) is 4.79 Å². The summed E-state index contributed by atoms with van der Waals surface area (Å²) in [6, 6.07) is 8.26. The van der Waals surface area contributed by atoms with E-state index < -0.39 is 0 Å². The average Bonchev–Trinajstić information content (AvgIpc) is 2.18. The lowest BCUT2D eigenvalue weighted by Gasteiger charge is -2.05. The van der Waals surface area contributed by atoms with Gasteiger partial charge in [0.2, 0.25) is 5.91 Å². The SMILES string of the molecule is CCNC(=O)CNCc1cccc(C)c1. The van der Waals surface area contributed by atoms with Gasteiger partial charge < -0.3 is 10.6 Å². The van der Waals surface area contributed by atoms with Crippen molar-refractivity contribution in [1.29, 1.82) is 0 Å². The second kappa shape index (κ2) is 6.19. The van der Waals surface area contributed by atoms with Crippen LogP contribution in [0.1, 0.15) is 18.1 Å². The molecule has 0 unspecified atom stereocenters. The zero-order chi connectivity index (χ0) is 11.1. The van der Waals surface area contributed by atoms with Gasteiger partial charge in [-0.3, -0.25) is 4.79 Å². The highest BCUT2D eigenvalue weighted by atomic mass is 16.1. The summed E-state index contributed by atoms with van der Waals surface area (Å²) in [7, 11) is 0. The predicted molar refractivity (Wildman–Crippen MR) is 61.6 cm³/mol. The van der Waals surface area contributed by atoms with Gasteiger partial charge >= 0.3 is 0 Å². The van der Waals surface area contributed by atoms with Crippen molar-refractivity contribution in [2.75, 3.05) is 13.1 Å². The smallest absolute Gasteiger partial charge is 0.233 e. The number of carbonyl (C=O) groups excluding carboxylic acids is 1. The van der Waals surface area contributed by atoms with Gasteiger partial charge in [0.1, 0.15) is 0 Å². The van der Waals surface area contributed by atoms with Gasteiger partial charge in [0.15, 0.2) is 0 Å². The van der Waals surface area contributed by atoms with Gasteiger partial charge in [0.05, 0.1) is 6.54 Å². The van der Waals surface area contributed by atoms with Crippen molar-refractivity contribution in [2.24, 2.45) is 0 Å². The molecular formula is C12H18N2O. The van der Waals surface area contributed by atoms with E-state index in [1.54, 1.807) is 0 Å². The van der Waals surface area contributed by atoms with Crippen LogP contribution in [0.2, 0.25) is 0 Å². The van der Waals surface area contributed by atoms with E-state index in [2.05, 4.69) is 35.8 Å². The summed E-state index contributed by atoms with van der Waals surface area (Å²) in [4.78, 5) is 11.1. The summed E-state index contributed by atoms with van der Waals surface area (Å²) in [5.74, 6) is 0.0464. The molecule has 3 nitrogen and oxygen atoms in total. The van der Waals surface area contributed by atoms with E-state index in [-0.39, 0.29) is 5.91 Å². The van der Waals surface area contributed by atoms with Gasteiger partial charge in [-0.1, -0.05) is 29.8 Å². The molecule has 0 fully saturated rings. The third-order valence-corrected chi connectivity index (χ3v) is 2.07. The first-order valence-electron chi connectivity index (χ1n) is 5.25. The summed E-state index contributed by atoms with van der Waals surface area (Å²) in [6.07, 6.45) is 0. The standard InChI is InChI=1S/C12H18N2O/c1-3-14-12(15)9-13-8-11-6-4-5-10(2)7-11/h4-7,13H,3,8-9H2,1-2H3,(H,14,15). The molecule has 1 amide bonds. The molecule has 3 heteroatoms. The first-order valence-corrected chi connectivity index (χ1v) is 5.25. The number of hydrogen-bond donors (Lipinski definition) is 2. The molecule has 1 rings (SSSR count). The number of benzene rings is 1. The van der Waals surface area contributed by atoms with E-state index in [4.69, 9.17) is 0 Å². The van der Waals surface area contributed by atoms with E-state index in [0.29, 0.717) is 13.1 Å². The minimum atomic E-state index is 0.0464. The second-order valence-corrected chi connectivity index (χ2v) is 3.55. The van der Waals surface area contributed by atoms with Crippen LogP contribution >= 0.6 is 0 Å². The van der Waals surface area contributed by atoms with Crippen molar-refractivity contribution in [3.05, 3.63) is 35.4 Å². The van der Waals surface area contributed by atoms with Crippen LogP contribution < -0.4 is 10.6 Å². The lowest BCUT2D eigenvalue weighted by atomic mass is 10.1. The van der Waals surface area contributed by atoms with Crippen molar-refractivity contribution in [1.82, 2.24) is 10.6 Å². The Kier molecular flexibility index (Phi) is 4.84. The Hall–Kier alpha value is -1.35. The largest absolute Gasteiger partial charge is 0.355 e. The lowest BCUT2D eigenvalue weighted by Crippen LogP contribution is -2.33. The second-order valence-electron chi connectivity index (χ2n) is 3.55. The minimum absolute atomic E-state index is 0.0464. The number of amides is 1. The molecule has 82 valence electrons. The fourth-order valence-electron chi connectivity index (χ4n) is 1.40. The Labute approximate surface area is 90.9 Å². The van der Waals surface area contributed by atoms with Crippen LogP contribution in [-0.2, 0) is 11.3 Å². The molecule has 0 saturated heterocycles. The molecular weight excluding hydrogens is 188 g/mol. The van der Waals surface area contributed by atoms with Crippen LogP contribution in [0, 0.1) is 6.92 Å². The molecule has 0 bridgehead atoms. The normalized spacial score (nSPS) is 10.0. The zero-order valence-electron chi connectivity index (χ0n) is 9.34. The number of nitrogens with one attached hydrogen (secondary N) is 2. The summed E-state index contributed by atoms with van der Waals surface area (Å²) in [5.41, 5.74) is 2.45. The maximum absolute atomic E-state index is 11.1. The fraction of sp³-hybridized carbons (Fsp3) is 0.417. The van der Waals surface area contributed by atoms with E-state index >= 15 is 0 Å². The van der Waals surface area contributed by atoms with E-state index in [1.165, 1.54) is 11.1 Å². The van der Waals surface area contributed by atoms with Gasteiger partial charge in [-0.25, -0.2) is 0 Å². The lowest BCUT2D eigenvalue weighted by molar-refractivity contribution is -0.120. The van der Waals surface area contributed by atoms with E-state index in [0.717, 1.165) is 6.54 Å². The van der Waals surface area contributed by atoms with Crippen LogP contribution in [0.5, 0.6) is 0 Å².